The average molecular weight is 340 g/mol. The van der Waals surface area contributed by atoms with Crippen molar-refractivity contribution >= 4 is 17.7 Å². The number of thioether (sulfide) groups is 1. The Hall–Kier alpha value is -1.78. The molecule has 2 aromatic rings. The molecule has 126 valence electrons. The SMILES string of the molecule is CCSc1ccc(C(=O)NC[C@@H]2Cc3ccccc3CN2C)cc1. The first-order valence-corrected chi connectivity index (χ1v) is 9.44. The molecule has 3 nitrogen and oxygen atoms in total. The van der Waals surface area contributed by atoms with Gasteiger partial charge in [0.05, 0.1) is 0 Å². The molecule has 24 heavy (non-hydrogen) atoms. The second-order valence-electron chi connectivity index (χ2n) is 6.21. The zero-order valence-electron chi connectivity index (χ0n) is 14.3. The van der Waals surface area contributed by atoms with Gasteiger partial charge in [0.1, 0.15) is 0 Å². The molecule has 0 unspecified atom stereocenters. The number of benzene rings is 2. The molecule has 0 fully saturated rings. The summed E-state index contributed by atoms with van der Waals surface area (Å²) in [6.45, 7) is 3.75. The normalized spacial score (nSPS) is 17.3. The fraction of sp³-hybridized carbons (Fsp3) is 0.350. The number of nitrogens with one attached hydrogen (secondary N) is 1. The lowest BCUT2D eigenvalue weighted by Crippen LogP contribution is -2.45. The molecule has 0 saturated carbocycles. The summed E-state index contributed by atoms with van der Waals surface area (Å²) in [6, 6.07) is 16.8. The summed E-state index contributed by atoms with van der Waals surface area (Å²) >= 11 is 1.79. The maximum atomic E-state index is 12.4. The Bertz CT molecular complexity index is 699. The molecule has 1 amide bonds. The van der Waals surface area contributed by atoms with Crippen molar-refractivity contribution in [3.05, 3.63) is 65.2 Å². The van der Waals surface area contributed by atoms with Gasteiger partial charge in [0.2, 0.25) is 0 Å². The van der Waals surface area contributed by atoms with Crippen LogP contribution in [-0.4, -0.2) is 36.2 Å². The number of fused-ring (bicyclic) bond motifs is 1. The van der Waals surface area contributed by atoms with Gasteiger partial charge in [-0.3, -0.25) is 9.69 Å². The molecule has 1 atom stereocenters. The quantitative estimate of drug-likeness (QED) is 0.844. The number of nitrogens with zero attached hydrogens (tertiary/aromatic N) is 1. The van der Waals surface area contributed by atoms with Crippen molar-refractivity contribution in [2.24, 2.45) is 0 Å². The van der Waals surface area contributed by atoms with Crippen LogP contribution in [0.1, 0.15) is 28.4 Å². The lowest BCUT2D eigenvalue weighted by atomic mass is 9.94. The summed E-state index contributed by atoms with van der Waals surface area (Å²) < 4.78 is 0. The Balaban J connectivity index is 1.58. The minimum atomic E-state index is 0.00954. The average Bonchev–Trinajstić information content (AvgIpc) is 2.60. The third-order valence-electron chi connectivity index (χ3n) is 4.54. The van der Waals surface area contributed by atoms with E-state index in [-0.39, 0.29) is 5.91 Å². The number of likely N-dealkylation sites (N-methyl/N-ethyl adjacent to an activating group) is 1. The minimum absolute atomic E-state index is 0.00954. The Morgan fingerprint density at radius 1 is 1.17 bits per heavy atom. The Morgan fingerprint density at radius 3 is 2.58 bits per heavy atom. The van der Waals surface area contributed by atoms with Gasteiger partial charge in [-0.25, -0.2) is 0 Å². The van der Waals surface area contributed by atoms with Gasteiger partial charge in [-0.1, -0.05) is 31.2 Å². The van der Waals surface area contributed by atoms with Crippen molar-refractivity contribution in [1.82, 2.24) is 10.2 Å². The van der Waals surface area contributed by atoms with E-state index in [0.29, 0.717) is 12.6 Å². The van der Waals surface area contributed by atoms with Crippen LogP contribution in [-0.2, 0) is 13.0 Å². The molecule has 0 aromatic heterocycles. The minimum Gasteiger partial charge on any atom is -0.350 e. The van der Waals surface area contributed by atoms with E-state index in [4.69, 9.17) is 0 Å². The van der Waals surface area contributed by atoms with Gasteiger partial charge in [-0.05, 0) is 54.6 Å². The van der Waals surface area contributed by atoms with E-state index in [9.17, 15) is 4.79 Å². The number of carbonyl (C=O) groups excluding carboxylic acids is 1. The molecule has 0 bridgehead atoms. The second-order valence-corrected chi connectivity index (χ2v) is 7.55. The molecular formula is C20H24N2OS. The molecule has 1 aliphatic rings. The van der Waals surface area contributed by atoms with Gasteiger partial charge in [0.15, 0.2) is 0 Å². The number of hydrogen-bond acceptors (Lipinski definition) is 3. The molecule has 3 rings (SSSR count). The fourth-order valence-electron chi connectivity index (χ4n) is 3.13. The second kappa shape index (κ2) is 7.86. The predicted molar refractivity (Wildman–Crippen MR) is 101 cm³/mol. The lowest BCUT2D eigenvalue weighted by Gasteiger charge is -2.34. The molecule has 0 radical (unpaired) electrons. The van der Waals surface area contributed by atoms with Gasteiger partial charge in [-0.2, -0.15) is 0 Å². The summed E-state index contributed by atoms with van der Waals surface area (Å²) in [6.07, 6.45) is 0.985. The molecular weight excluding hydrogens is 316 g/mol. The summed E-state index contributed by atoms with van der Waals surface area (Å²) in [5.41, 5.74) is 3.52. The van der Waals surface area contributed by atoms with Crippen LogP contribution in [0.3, 0.4) is 0 Å². The van der Waals surface area contributed by atoms with E-state index < -0.39 is 0 Å². The molecule has 4 heteroatoms. The highest BCUT2D eigenvalue weighted by atomic mass is 32.2. The van der Waals surface area contributed by atoms with Gasteiger partial charge in [0.25, 0.3) is 5.91 Å². The van der Waals surface area contributed by atoms with Crippen LogP contribution in [0.15, 0.2) is 53.4 Å². The van der Waals surface area contributed by atoms with Crippen LogP contribution in [0.4, 0.5) is 0 Å². The van der Waals surface area contributed by atoms with E-state index in [1.807, 2.05) is 24.3 Å². The van der Waals surface area contributed by atoms with Crippen molar-refractivity contribution in [2.75, 3.05) is 19.3 Å². The van der Waals surface area contributed by atoms with E-state index in [2.05, 4.69) is 48.5 Å². The largest absolute Gasteiger partial charge is 0.350 e. The summed E-state index contributed by atoms with van der Waals surface area (Å²) in [4.78, 5) is 15.9. The zero-order chi connectivity index (χ0) is 16.9. The van der Waals surface area contributed by atoms with Gasteiger partial charge in [0, 0.05) is 29.6 Å². The van der Waals surface area contributed by atoms with Crippen LogP contribution in [0.2, 0.25) is 0 Å². The smallest absolute Gasteiger partial charge is 0.251 e. The maximum absolute atomic E-state index is 12.4. The molecule has 1 N–H and O–H groups in total. The van der Waals surface area contributed by atoms with Gasteiger partial charge in [-0.15, -0.1) is 11.8 Å². The van der Waals surface area contributed by atoms with Gasteiger partial charge < -0.3 is 5.32 Å². The van der Waals surface area contributed by atoms with Gasteiger partial charge >= 0.3 is 0 Å². The highest BCUT2D eigenvalue weighted by Gasteiger charge is 2.23. The first-order valence-electron chi connectivity index (χ1n) is 8.45. The number of amides is 1. The third-order valence-corrected chi connectivity index (χ3v) is 5.44. The highest BCUT2D eigenvalue weighted by molar-refractivity contribution is 7.99. The fourth-order valence-corrected chi connectivity index (χ4v) is 3.79. The molecule has 1 heterocycles. The van der Waals surface area contributed by atoms with Crippen molar-refractivity contribution in [1.29, 1.82) is 0 Å². The monoisotopic (exact) mass is 340 g/mol. The summed E-state index contributed by atoms with van der Waals surface area (Å²) in [5, 5.41) is 3.09. The molecule has 2 aromatic carbocycles. The summed E-state index contributed by atoms with van der Waals surface area (Å²) in [7, 11) is 2.13. The van der Waals surface area contributed by atoms with Crippen LogP contribution in [0, 0.1) is 0 Å². The first kappa shape index (κ1) is 17.1. The summed E-state index contributed by atoms with van der Waals surface area (Å²) in [5.74, 6) is 1.05. The van der Waals surface area contributed by atoms with Crippen molar-refractivity contribution in [3.8, 4) is 0 Å². The topological polar surface area (TPSA) is 32.3 Å². The van der Waals surface area contributed by atoms with E-state index in [0.717, 1.165) is 24.3 Å². The number of rotatable bonds is 5. The van der Waals surface area contributed by atoms with Crippen LogP contribution >= 0.6 is 11.8 Å². The van der Waals surface area contributed by atoms with E-state index in [1.54, 1.807) is 11.8 Å². The van der Waals surface area contributed by atoms with Crippen molar-refractivity contribution in [2.45, 2.75) is 30.8 Å². The van der Waals surface area contributed by atoms with E-state index >= 15 is 0 Å². The Morgan fingerprint density at radius 2 is 1.88 bits per heavy atom. The molecule has 0 aliphatic carbocycles. The van der Waals surface area contributed by atoms with Crippen molar-refractivity contribution < 1.29 is 4.79 Å². The van der Waals surface area contributed by atoms with Crippen LogP contribution in [0.25, 0.3) is 0 Å². The molecule has 0 saturated heterocycles. The lowest BCUT2D eigenvalue weighted by molar-refractivity contribution is 0.0934. The Kier molecular flexibility index (Phi) is 5.59. The molecule has 0 spiro atoms. The zero-order valence-corrected chi connectivity index (χ0v) is 15.1. The third kappa shape index (κ3) is 4.00. The van der Waals surface area contributed by atoms with Crippen LogP contribution < -0.4 is 5.32 Å². The number of carbonyl (C=O) groups is 1. The van der Waals surface area contributed by atoms with Crippen molar-refractivity contribution in [3.63, 3.8) is 0 Å². The predicted octanol–water partition coefficient (Wildman–Crippen LogP) is 3.59. The first-order chi connectivity index (χ1) is 11.7. The van der Waals surface area contributed by atoms with Crippen LogP contribution in [0.5, 0.6) is 0 Å². The Labute approximate surface area is 148 Å². The van der Waals surface area contributed by atoms with E-state index in [1.165, 1.54) is 16.0 Å². The standard InChI is InChI=1S/C20H24N2OS/c1-3-24-19-10-8-15(9-11-19)20(23)21-13-18-12-16-6-4-5-7-17(16)14-22(18)2/h4-11,18H,3,12-14H2,1-2H3,(H,21,23)/t18-/m0/s1. The number of hydrogen-bond donors (Lipinski definition) is 1. The molecule has 1 aliphatic heterocycles. The maximum Gasteiger partial charge on any atom is 0.251 e. The highest BCUT2D eigenvalue weighted by Crippen LogP contribution is 2.22.